The molecule has 1 aliphatic heterocycles. The summed E-state index contributed by atoms with van der Waals surface area (Å²) < 4.78 is 5.75. The summed E-state index contributed by atoms with van der Waals surface area (Å²) in [6.07, 6.45) is 1.68. The molecule has 1 aromatic rings. The van der Waals surface area contributed by atoms with E-state index >= 15 is 0 Å². The van der Waals surface area contributed by atoms with Gasteiger partial charge >= 0.3 is 5.97 Å². The van der Waals surface area contributed by atoms with Crippen molar-refractivity contribution < 1.29 is 14.6 Å². The van der Waals surface area contributed by atoms with Crippen molar-refractivity contribution >= 4 is 5.97 Å². The van der Waals surface area contributed by atoms with Crippen LogP contribution in [0, 0.1) is 6.92 Å². The highest BCUT2D eigenvalue weighted by molar-refractivity contribution is 5.69. The Morgan fingerprint density at radius 2 is 1.95 bits per heavy atom. The van der Waals surface area contributed by atoms with Crippen LogP contribution in [0.1, 0.15) is 44.2 Å². The molecule has 1 aromatic carbocycles. The Bertz CT molecular complexity index is 461. The van der Waals surface area contributed by atoms with Crippen molar-refractivity contribution in [1.82, 2.24) is 0 Å². The van der Waals surface area contributed by atoms with Gasteiger partial charge in [0.1, 0.15) is 0 Å². The van der Waals surface area contributed by atoms with Gasteiger partial charge in [-0.3, -0.25) is 4.79 Å². The van der Waals surface area contributed by atoms with E-state index in [1.54, 1.807) is 0 Å². The molecule has 0 bridgehead atoms. The number of benzene rings is 1. The monoisotopic (exact) mass is 262 g/mol. The SMILES string of the molecule is Cc1ccc([C@@]2(CC(=O)O)CCOC(C)(C)C2)cc1. The molecule has 1 N–H and O–H groups in total. The predicted molar refractivity (Wildman–Crippen MR) is 74.4 cm³/mol. The predicted octanol–water partition coefficient (Wildman–Crippen LogP) is 3.30. The maximum Gasteiger partial charge on any atom is 0.304 e. The van der Waals surface area contributed by atoms with Crippen LogP contribution in [0.15, 0.2) is 24.3 Å². The Kier molecular flexibility index (Phi) is 3.68. The van der Waals surface area contributed by atoms with E-state index in [1.807, 2.05) is 20.8 Å². The van der Waals surface area contributed by atoms with Gasteiger partial charge in [-0.05, 0) is 39.2 Å². The largest absolute Gasteiger partial charge is 0.481 e. The first kappa shape index (κ1) is 14.1. The van der Waals surface area contributed by atoms with Gasteiger partial charge in [0.15, 0.2) is 0 Å². The van der Waals surface area contributed by atoms with Gasteiger partial charge < -0.3 is 9.84 Å². The van der Waals surface area contributed by atoms with Crippen molar-refractivity contribution in [3.05, 3.63) is 35.4 Å². The number of ether oxygens (including phenoxy) is 1. The molecular weight excluding hydrogens is 240 g/mol. The summed E-state index contributed by atoms with van der Waals surface area (Å²) in [7, 11) is 0. The average Bonchev–Trinajstić information content (AvgIpc) is 2.27. The first-order chi connectivity index (χ1) is 8.83. The minimum absolute atomic E-state index is 0.169. The molecule has 0 amide bonds. The quantitative estimate of drug-likeness (QED) is 0.909. The average molecular weight is 262 g/mol. The Hall–Kier alpha value is -1.35. The molecule has 3 heteroatoms. The summed E-state index contributed by atoms with van der Waals surface area (Å²) in [6, 6.07) is 8.25. The van der Waals surface area contributed by atoms with Gasteiger partial charge in [0.25, 0.3) is 0 Å². The molecule has 3 nitrogen and oxygen atoms in total. The molecule has 19 heavy (non-hydrogen) atoms. The van der Waals surface area contributed by atoms with Gasteiger partial charge in [0, 0.05) is 12.0 Å². The van der Waals surface area contributed by atoms with Crippen LogP contribution in [0.2, 0.25) is 0 Å². The third-order valence-corrected chi connectivity index (χ3v) is 3.99. The normalized spacial score (nSPS) is 26.1. The summed E-state index contributed by atoms with van der Waals surface area (Å²) in [5, 5.41) is 9.28. The van der Waals surface area contributed by atoms with Crippen LogP contribution in [-0.2, 0) is 14.9 Å². The fourth-order valence-electron chi connectivity index (χ4n) is 3.17. The molecule has 0 spiro atoms. The standard InChI is InChI=1S/C16H22O3/c1-12-4-6-13(7-5-12)16(10-14(17)18)8-9-19-15(2,3)11-16/h4-7H,8-11H2,1-3H3,(H,17,18)/t16-/m1/s1. The molecular formula is C16H22O3. The number of carboxylic acid groups (broad SMARTS) is 1. The lowest BCUT2D eigenvalue weighted by atomic mass is 9.67. The Balaban J connectivity index is 2.39. The van der Waals surface area contributed by atoms with Gasteiger partial charge in [-0.15, -0.1) is 0 Å². The number of carboxylic acids is 1. The molecule has 0 aliphatic carbocycles. The van der Waals surface area contributed by atoms with Crippen molar-refractivity contribution in [2.45, 2.75) is 51.0 Å². The Morgan fingerprint density at radius 1 is 1.32 bits per heavy atom. The molecule has 0 aromatic heterocycles. The van der Waals surface area contributed by atoms with Crippen LogP contribution in [0.25, 0.3) is 0 Å². The second-order valence-electron chi connectivity index (χ2n) is 6.25. The van der Waals surface area contributed by atoms with Crippen molar-refractivity contribution in [3.8, 4) is 0 Å². The van der Waals surface area contributed by atoms with E-state index in [2.05, 4.69) is 24.3 Å². The minimum atomic E-state index is -0.738. The topological polar surface area (TPSA) is 46.5 Å². The molecule has 2 rings (SSSR count). The van der Waals surface area contributed by atoms with Gasteiger partial charge in [-0.25, -0.2) is 0 Å². The summed E-state index contributed by atoms with van der Waals surface area (Å²) >= 11 is 0. The van der Waals surface area contributed by atoms with E-state index in [1.165, 1.54) is 5.56 Å². The maximum absolute atomic E-state index is 11.3. The minimum Gasteiger partial charge on any atom is -0.481 e. The zero-order valence-corrected chi connectivity index (χ0v) is 11.9. The van der Waals surface area contributed by atoms with Crippen molar-refractivity contribution in [2.75, 3.05) is 6.61 Å². The van der Waals surface area contributed by atoms with E-state index in [-0.39, 0.29) is 17.4 Å². The van der Waals surface area contributed by atoms with E-state index in [4.69, 9.17) is 4.74 Å². The van der Waals surface area contributed by atoms with Crippen LogP contribution in [0.3, 0.4) is 0 Å². The van der Waals surface area contributed by atoms with Gasteiger partial charge in [-0.2, -0.15) is 0 Å². The van der Waals surface area contributed by atoms with Crippen LogP contribution < -0.4 is 0 Å². The zero-order chi connectivity index (χ0) is 14.1. The smallest absolute Gasteiger partial charge is 0.304 e. The van der Waals surface area contributed by atoms with Gasteiger partial charge in [-0.1, -0.05) is 29.8 Å². The van der Waals surface area contributed by atoms with E-state index in [9.17, 15) is 9.90 Å². The highest BCUT2D eigenvalue weighted by Gasteiger charge is 2.43. The fraction of sp³-hybridized carbons (Fsp3) is 0.562. The zero-order valence-electron chi connectivity index (χ0n) is 11.9. The third-order valence-electron chi connectivity index (χ3n) is 3.99. The molecule has 1 heterocycles. The lowest BCUT2D eigenvalue weighted by Gasteiger charge is -2.44. The fourth-order valence-corrected chi connectivity index (χ4v) is 3.17. The second kappa shape index (κ2) is 4.97. The highest BCUT2D eigenvalue weighted by Crippen LogP contribution is 2.44. The van der Waals surface area contributed by atoms with E-state index in [0.29, 0.717) is 6.61 Å². The number of rotatable bonds is 3. The number of hydrogen-bond acceptors (Lipinski definition) is 2. The van der Waals surface area contributed by atoms with E-state index < -0.39 is 5.97 Å². The number of aryl methyl sites for hydroxylation is 1. The molecule has 1 aliphatic rings. The Morgan fingerprint density at radius 3 is 2.47 bits per heavy atom. The van der Waals surface area contributed by atoms with Gasteiger partial charge in [0.05, 0.1) is 12.0 Å². The van der Waals surface area contributed by atoms with Crippen LogP contribution >= 0.6 is 0 Å². The number of hydrogen-bond donors (Lipinski definition) is 1. The lowest BCUT2D eigenvalue weighted by Crippen LogP contribution is -2.45. The lowest BCUT2D eigenvalue weighted by molar-refractivity contribution is -0.142. The first-order valence-electron chi connectivity index (χ1n) is 6.76. The van der Waals surface area contributed by atoms with Crippen LogP contribution in [0.4, 0.5) is 0 Å². The molecule has 0 unspecified atom stereocenters. The molecule has 0 radical (unpaired) electrons. The maximum atomic E-state index is 11.3. The van der Waals surface area contributed by atoms with Crippen molar-refractivity contribution in [2.24, 2.45) is 0 Å². The van der Waals surface area contributed by atoms with Crippen molar-refractivity contribution in [3.63, 3.8) is 0 Å². The molecule has 1 atom stereocenters. The summed E-state index contributed by atoms with van der Waals surface area (Å²) in [6.45, 7) is 6.74. The summed E-state index contributed by atoms with van der Waals surface area (Å²) in [4.78, 5) is 11.3. The summed E-state index contributed by atoms with van der Waals surface area (Å²) in [5.41, 5.74) is 1.75. The molecule has 1 saturated heterocycles. The van der Waals surface area contributed by atoms with E-state index in [0.717, 1.165) is 18.4 Å². The second-order valence-corrected chi connectivity index (χ2v) is 6.25. The summed E-state index contributed by atoms with van der Waals surface area (Å²) in [5.74, 6) is -0.738. The Labute approximate surface area is 114 Å². The molecule has 1 fully saturated rings. The highest BCUT2D eigenvalue weighted by atomic mass is 16.5. The third kappa shape index (κ3) is 3.16. The van der Waals surface area contributed by atoms with Gasteiger partial charge in [0.2, 0.25) is 0 Å². The molecule has 0 saturated carbocycles. The van der Waals surface area contributed by atoms with Crippen LogP contribution in [-0.4, -0.2) is 23.3 Å². The van der Waals surface area contributed by atoms with Crippen molar-refractivity contribution in [1.29, 1.82) is 0 Å². The first-order valence-corrected chi connectivity index (χ1v) is 6.76. The molecule has 104 valence electrons. The number of aliphatic carboxylic acids is 1. The van der Waals surface area contributed by atoms with Crippen LogP contribution in [0.5, 0.6) is 0 Å². The number of carbonyl (C=O) groups is 1.